The molecule has 0 radical (unpaired) electrons. The van der Waals surface area contributed by atoms with E-state index in [0.29, 0.717) is 18.8 Å². The molecule has 0 unspecified atom stereocenters. The Morgan fingerprint density at radius 1 is 1.55 bits per heavy atom. The summed E-state index contributed by atoms with van der Waals surface area (Å²) in [6, 6.07) is -1.12. The molecule has 1 aromatic rings. The zero-order chi connectivity index (χ0) is 14.5. The van der Waals surface area contributed by atoms with Gasteiger partial charge in [0, 0.05) is 13.6 Å². The Bertz CT molecular complexity index is 486. The number of aromatic nitrogens is 3. The van der Waals surface area contributed by atoms with Crippen molar-refractivity contribution in [2.45, 2.75) is 38.3 Å². The van der Waals surface area contributed by atoms with Crippen molar-refractivity contribution in [3.63, 3.8) is 0 Å². The lowest BCUT2D eigenvalue weighted by molar-refractivity contribution is -0.122. The van der Waals surface area contributed by atoms with Gasteiger partial charge in [0.15, 0.2) is 5.82 Å². The van der Waals surface area contributed by atoms with E-state index in [0.717, 1.165) is 12.8 Å². The third-order valence-corrected chi connectivity index (χ3v) is 3.32. The normalized spacial score (nSPS) is 20.7. The minimum absolute atomic E-state index is 0.121. The highest BCUT2D eigenvalue weighted by Gasteiger charge is 2.23. The predicted octanol–water partition coefficient (Wildman–Crippen LogP) is -0.156. The summed E-state index contributed by atoms with van der Waals surface area (Å²) in [6.07, 6.45) is 4.10. The van der Waals surface area contributed by atoms with Crippen LogP contribution in [-0.2, 0) is 11.8 Å². The largest absolute Gasteiger partial charge is 0.354 e. The first kappa shape index (κ1) is 14.3. The number of hydrogen-bond donors (Lipinski definition) is 3. The van der Waals surface area contributed by atoms with Gasteiger partial charge in [-0.1, -0.05) is 0 Å². The molecule has 0 bridgehead atoms. The lowest BCUT2D eigenvalue weighted by Crippen LogP contribution is -2.49. The number of urea groups is 1. The smallest absolute Gasteiger partial charge is 0.316 e. The summed E-state index contributed by atoms with van der Waals surface area (Å²) < 4.78 is 1.74. The molecule has 3 amide bonds. The summed E-state index contributed by atoms with van der Waals surface area (Å²) in [5.41, 5.74) is 0. The van der Waals surface area contributed by atoms with E-state index in [-0.39, 0.29) is 18.0 Å². The number of nitrogens with one attached hydrogen (secondary N) is 3. The molecule has 0 aliphatic carbocycles. The van der Waals surface area contributed by atoms with Crippen molar-refractivity contribution in [2.24, 2.45) is 7.05 Å². The molecule has 0 spiro atoms. The van der Waals surface area contributed by atoms with Crippen LogP contribution < -0.4 is 16.0 Å². The maximum atomic E-state index is 11.9. The number of carbonyl (C=O) groups excluding carboxylic acids is 2. The van der Waals surface area contributed by atoms with Crippen molar-refractivity contribution in [3.8, 4) is 0 Å². The molecule has 1 aliphatic heterocycles. The number of amides is 3. The molecule has 8 nitrogen and oxygen atoms in total. The fourth-order valence-electron chi connectivity index (χ4n) is 2.22. The summed E-state index contributed by atoms with van der Waals surface area (Å²) in [6.45, 7) is 2.49. The zero-order valence-corrected chi connectivity index (χ0v) is 11.7. The lowest BCUT2D eigenvalue weighted by Gasteiger charge is -2.18. The molecular formula is C12H20N6O2. The first-order valence-electron chi connectivity index (χ1n) is 6.76. The summed E-state index contributed by atoms with van der Waals surface area (Å²) in [4.78, 5) is 23.7. The predicted molar refractivity (Wildman–Crippen MR) is 71.7 cm³/mol. The molecule has 8 heteroatoms. The summed E-state index contributed by atoms with van der Waals surface area (Å²) in [7, 11) is 1.81. The standard InChI is InChI=1S/C12H20N6O2/c1-8(10-17-14-7-18(10)2)15-12(20)16-9-5-3-4-6-13-11(9)19/h7-9H,3-6H2,1-2H3,(H,13,19)(H2,15,16,20)/t8-,9+/m1/s1. The van der Waals surface area contributed by atoms with Gasteiger partial charge in [0.1, 0.15) is 12.4 Å². The van der Waals surface area contributed by atoms with E-state index in [2.05, 4.69) is 26.1 Å². The van der Waals surface area contributed by atoms with Crippen LogP contribution in [-0.4, -0.2) is 39.3 Å². The average Bonchev–Trinajstić information content (AvgIpc) is 2.73. The Labute approximate surface area is 117 Å². The molecule has 2 atom stereocenters. The van der Waals surface area contributed by atoms with Crippen molar-refractivity contribution in [1.29, 1.82) is 0 Å². The number of hydrogen-bond acceptors (Lipinski definition) is 4. The van der Waals surface area contributed by atoms with Crippen molar-refractivity contribution in [2.75, 3.05) is 6.54 Å². The monoisotopic (exact) mass is 280 g/mol. The summed E-state index contributed by atoms with van der Waals surface area (Å²) in [5.74, 6) is 0.537. The van der Waals surface area contributed by atoms with Crippen LogP contribution in [0, 0.1) is 0 Å². The minimum Gasteiger partial charge on any atom is -0.354 e. The molecule has 1 fully saturated rings. The van der Waals surface area contributed by atoms with Crippen LogP contribution >= 0.6 is 0 Å². The third-order valence-electron chi connectivity index (χ3n) is 3.32. The Balaban J connectivity index is 1.88. The van der Waals surface area contributed by atoms with Crippen LogP contribution in [0.25, 0.3) is 0 Å². The van der Waals surface area contributed by atoms with Gasteiger partial charge in [0.25, 0.3) is 0 Å². The highest BCUT2D eigenvalue weighted by molar-refractivity contribution is 5.87. The molecule has 20 heavy (non-hydrogen) atoms. The molecule has 2 heterocycles. The van der Waals surface area contributed by atoms with Crippen LogP contribution in [0.5, 0.6) is 0 Å². The van der Waals surface area contributed by atoms with E-state index in [1.807, 2.05) is 14.0 Å². The Morgan fingerprint density at radius 3 is 3.05 bits per heavy atom. The maximum absolute atomic E-state index is 11.9. The second kappa shape index (κ2) is 6.36. The van der Waals surface area contributed by atoms with E-state index in [1.165, 1.54) is 0 Å². The van der Waals surface area contributed by atoms with Gasteiger partial charge in [-0.3, -0.25) is 4.79 Å². The van der Waals surface area contributed by atoms with Crippen LogP contribution in [0.4, 0.5) is 4.79 Å². The quantitative estimate of drug-likeness (QED) is 0.716. The van der Waals surface area contributed by atoms with Crippen LogP contribution in [0.1, 0.15) is 38.1 Å². The number of rotatable bonds is 3. The van der Waals surface area contributed by atoms with Crippen LogP contribution in [0.3, 0.4) is 0 Å². The molecule has 3 N–H and O–H groups in total. The summed E-state index contributed by atoms with van der Waals surface area (Å²) in [5, 5.41) is 15.9. The van der Waals surface area contributed by atoms with E-state index >= 15 is 0 Å². The summed E-state index contributed by atoms with van der Waals surface area (Å²) >= 11 is 0. The van der Waals surface area contributed by atoms with Gasteiger partial charge < -0.3 is 20.5 Å². The third kappa shape index (κ3) is 3.46. The topological polar surface area (TPSA) is 101 Å². The molecule has 1 aliphatic rings. The van der Waals surface area contributed by atoms with Crippen LogP contribution in [0.15, 0.2) is 6.33 Å². The van der Waals surface area contributed by atoms with E-state index in [4.69, 9.17) is 0 Å². The highest BCUT2D eigenvalue weighted by Crippen LogP contribution is 2.08. The SMILES string of the molecule is C[C@@H](NC(=O)N[C@H]1CCCCNC1=O)c1nncn1C. The molecule has 1 aromatic heterocycles. The Kier molecular flexibility index (Phi) is 4.54. The van der Waals surface area contributed by atoms with Crippen molar-refractivity contribution >= 4 is 11.9 Å². The molecule has 110 valence electrons. The van der Waals surface area contributed by atoms with Crippen molar-refractivity contribution in [3.05, 3.63) is 12.2 Å². The fourth-order valence-corrected chi connectivity index (χ4v) is 2.22. The van der Waals surface area contributed by atoms with Gasteiger partial charge in [0.05, 0.1) is 6.04 Å². The molecule has 0 aromatic carbocycles. The Hall–Kier alpha value is -2.12. The van der Waals surface area contributed by atoms with Crippen molar-refractivity contribution in [1.82, 2.24) is 30.7 Å². The van der Waals surface area contributed by atoms with Gasteiger partial charge in [-0.05, 0) is 26.2 Å². The second-order valence-corrected chi connectivity index (χ2v) is 4.98. The Morgan fingerprint density at radius 2 is 2.35 bits per heavy atom. The molecule has 2 rings (SSSR count). The van der Waals surface area contributed by atoms with E-state index in [9.17, 15) is 9.59 Å². The zero-order valence-electron chi connectivity index (χ0n) is 11.7. The first-order valence-corrected chi connectivity index (χ1v) is 6.76. The van der Waals surface area contributed by atoms with Gasteiger partial charge in [-0.2, -0.15) is 0 Å². The lowest BCUT2D eigenvalue weighted by atomic mass is 10.1. The second-order valence-electron chi connectivity index (χ2n) is 4.98. The molecule has 1 saturated heterocycles. The molecule has 0 saturated carbocycles. The first-order chi connectivity index (χ1) is 9.58. The minimum atomic E-state index is -0.468. The highest BCUT2D eigenvalue weighted by atomic mass is 16.2. The average molecular weight is 280 g/mol. The number of aryl methyl sites for hydroxylation is 1. The van der Waals surface area contributed by atoms with Crippen molar-refractivity contribution < 1.29 is 9.59 Å². The molecular weight excluding hydrogens is 260 g/mol. The van der Waals surface area contributed by atoms with Gasteiger partial charge in [-0.25, -0.2) is 4.79 Å². The van der Waals surface area contributed by atoms with E-state index < -0.39 is 6.04 Å². The van der Waals surface area contributed by atoms with Gasteiger partial charge in [0.2, 0.25) is 5.91 Å². The van der Waals surface area contributed by atoms with Gasteiger partial charge >= 0.3 is 6.03 Å². The fraction of sp³-hybridized carbons (Fsp3) is 0.667. The van der Waals surface area contributed by atoms with Gasteiger partial charge in [-0.15, -0.1) is 10.2 Å². The van der Waals surface area contributed by atoms with E-state index in [1.54, 1.807) is 10.9 Å². The maximum Gasteiger partial charge on any atom is 0.316 e. The van der Waals surface area contributed by atoms with Crippen LogP contribution in [0.2, 0.25) is 0 Å². The number of nitrogens with zero attached hydrogens (tertiary/aromatic N) is 3. The number of carbonyl (C=O) groups is 2.